The molecule has 0 aliphatic carbocycles. The van der Waals surface area contributed by atoms with Gasteiger partial charge in [-0.15, -0.1) is 0 Å². The van der Waals surface area contributed by atoms with Crippen molar-refractivity contribution < 1.29 is 23.0 Å². The molecule has 8 heteroatoms. The van der Waals surface area contributed by atoms with E-state index < -0.39 is 6.61 Å². The van der Waals surface area contributed by atoms with Crippen molar-refractivity contribution in [3.05, 3.63) is 29.5 Å². The molecule has 0 saturated carbocycles. The first kappa shape index (κ1) is 14.2. The van der Waals surface area contributed by atoms with Gasteiger partial charge < -0.3 is 14.8 Å². The van der Waals surface area contributed by atoms with Crippen molar-refractivity contribution in [3.63, 3.8) is 0 Å². The average molecular weight is 300 g/mol. The molecule has 1 aromatic rings. The molecule has 106 valence electrons. The molecule has 5 nitrogen and oxygen atoms in total. The Morgan fingerprint density at radius 2 is 2.05 bits per heavy atom. The lowest BCUT2D eigenvalue weighted by molar-refractivity contribution is -0.115. The van der Waals surface area contributed by atoms with Gasteiger partial charge in [0.15, 0.2) is 16.6 Å². The third kappa shape index (κ3) is 3.21. The number of carbonyl (C=O) groups excluding carboxylic acids is 1. The van der Waals surface area contributed by atoms with Gasteiger partial charge in [-0.1, -0.05) is 6.07 Å². The minimum Gasteiger partial charge on any atom is -0.493 e. The predicted octanol–water partition coefficient (Wildman–Crippen LogP) is 1.64. The van der Waals surface area contributed by atoms with E-state index in [1.54, 1.807) is 6.07 Å². The summed E-state index contributed by atoms with van der Waals surface area (Å²) >= 11 is 4.78. The number of halogens is 2. The zero-order valence-electron chi connectivity index (χ0n) is 10.3. The number of ether oxygens (including phenoxy) is 2. The first-order chi connectivity index (χ1) is 9.49. The van der Waals surface area contributed by atoms with Crippen molar-refractivity contribution >= 4 is 29.3 Å². The van der Waals surface area contributed by atoms with Gasteiger partial charge >= 0.3 is 6.61 Å². The van der Waals surface area contributed by atoms with Crippen LogP contribution in [0.5, 0.6) is 11.5 Å². The summed E-state index contributed by atoms with van der Waals surface area (Å²) in [6.07, 6.45) is 1.46. The number of amides is 1. The third-order valence-corrected chi connectivity index (χ3v) is 2.64. The monoisotopic (exact) mass is 300 g/mol. The molecule has 1 heterocycles. The van der Waals surface area contributed by atoms with Gasteiger partial charge in [-0.25, -0.2) is 0 Å². The highest BCUT2D eigenvalue weighted by Crippen LogP contribution is 2.30. The van der Waals surface area contributed by atoms with Crippen LogP contribution in [0.4, 0.5) is 8.78 Å². The van der Waals surface area contributed by atoms with E-state index in [0.717, 1.165) is 0 Å². The number of hydrogen-bond acceptors (Lipinski definition) is 4. The second-order valence-electron chi connectivity index (χ2n) is 3.76. The van der Waals surface area contributed by atoms with Crippen LogP contribution in [0.15, 0.2) is 23.9 Å². The Morgan fingerprint density at radius 1 is 1.30 bits per heavy atom. The van der Waals surface area contributed by atoms with Crippen molar-refractivity contribution in [2.24, 2.45) is 0 Å². The van der Waals surface area contributed by atoms with Crippen molar-refractivity contribution in [1.29, 1.82) is 0 Å². The highest BCUT2D eigenvalue weighted by atomic mass is 32.1. The maximum atomic E-state index is 12.3. The lowest BCUT2D eigenvalue weighted by atomic mass is 10.1. The molecule has 1 fully saturated rings. The average Bonchev–Trinajstić information content (AvgIpc) is 2.67. The van der Waals surface area contributed by atoms with Crippen molar-refractivity contribution in [3.8, 4) is 11.5 Å². The third-order valence-electron chi connectivity index (χ3n) is 2.43. The molecule has 0 radical (unpaired) electrons. The number of nitrogens with one attached hydrogen (secondary N) is 2. The lowest BCUT2D eigenvalue weighted by Crippen LogP contribution is -2.21. The molecule has 1 amide bonds. The van der Waals surface area contributed by atoms with E-state index in [1.807, 2.05) is 0 Å². The summed E-state index contributed by atoms with van der Waals surface area (Å²) in [4.78, 5) is 11.5. The summed E-state index contributed by atoms with van der Waals surface area (Å²) in [5, 5.41) is 5.24. The van der Waals surface area contributed by atoms with E-state index in [4.69, 9.17) is 17.0 Å². The Balaban J connectivity index is 2.31. The summed E-state index contributed by atoms with van der Waals surface area (Å²) < 4.78 is 33.9. The van der Waals surface area contributed by atoms with Crippen LogP contribution < -0.4 is 20.1 Å². The zero-order chi connectivity index (χ0) is 14.7. The Kier molecular flexibility index (Phi) is 4.14. The second kappa shape index (κ2) is 5.83. The van der Waals surface area contributed by atoms with Crippen LogP contribution in [0.3, 0.4) is 0 Å². The van der Waals surface area contributed by atoms with Crippen LogP contribution in [-0.2, 0) is 4.79 Å². The van der Waals surface area contributed by atoms with E-state index in [1.165, 1.54) is 25.3 Å². The van der Waals surface area contributed by atoms with Crippen LogP contribution >= 0.6 is 12.2 Å². The van der Waals surface area contributed by atoms with Crippen LogP contribution in [0.1, 0.15) is 5.56 Å². The Bertz CT molecular complexity index is 590. The van der Waals surface area contributed by atoms with Gasteiger partial charge in [0.1, 0.15) is 5.70 Å². The van der Waals surface area contributed by atoms with E-state index in [2.05, 4.69) is 15.4 Å². The first-order valence-electron chi connectivity index (χ1n) is 5.46. The van der Waals surface area contributed by atoms with Gasteiger partial charge in [-0.2, -0.15) is 8.78 Å². The quantitative estimate of drug-likeness (QED) is 0.654. The van der Waals surface area contributed by atoms with E-state index in [0.29, 0.717) is 5.56 Å². The van der Waals surface area contributed by atoms with E-state index >= 15 is 0 Å². The number of hydrogen-bond donors (Lipinski definition) is 2. The zero-order valence-corrected chi connectivity index (χ0v) is 11.1. The molecule has 0 atom stereocenters. The number of carbonyl (C=O) groups is 1. The summed E-state index contributed by atoms with van der Waals surface area (Å²) in [5.74, 6) is -0.327. The molecule has 0 aromatic heterocycles. The molecule has 1 aromatic carbocycles. The molecule has 2 N–H and O–H groups in total. The topological polar surface area (TPSA) is 59.6 Å². The Morgan fingerprint density at radius 3 is 2.60 bits per heavy atom. The summed E-state index contributed by atoms with van der Waals surface area (Å²) in [6.45, 7) is -2.97. The molecule has 0 unspecified atom stereocenters. The molecule has 1 saturated heterocycles. The maximum Gasteiger partial charge on any atom is 0.387 e. The fourth-order valence-corrected chi connectivity index (χ4v) is 1.82. The molecule has 20 heavy (non-hydrogen) atoms. The van der Waals surface area contributed by atoms with Crippen molar-refractivity contribution in [2.45, 2.75) is 6.61 Å². The smallest absolute Gasteiger partial charge is 0.387 e. The molecule has 0 bridgehead atoms. The van der Waals surface area contributed by atoms with E-state index in [-0.39, 0.29) is 28.2 Å². The number of rotatable bonds is 4. The molecule has 1 aliphatic rings. The molecule has 0 spiro atoms. The molecule has 1 aliphatic heterocycles. The predicted molar refractivity (Wildman–Crippen MR) is 71.5 cm³/mol. The number of methoxy groups -OCH3 is 1. The Labute approximate surface area is 118 Å². The van der Waals surface area contributed by atoms with Gasteiger partial charge in [0.2, 0.25) is 0 Å². The SMILES string of the molecule is COc1ccc(/C=C2\NC(=S)NC2=O)cc1OC(F)F. The first-order valence-corrected chi connectivity index (χ1v) is 5.87. The highest BCUT2D eigenvalue weighted by Gasteiger charge is 2.20. The summed E-state index contributed by atoms with van der Waals surface area (Å²) in [7, 11) is 1.34. The largest absolute Gasteiger partial charge is 0.493 e. The van der Waals surface area contributed by atoms with Crippen LogP contribution in [0.2, 0.25) is 0 Å². The minimum absolute atomic E-state index is 0.113. The van der Waals surface area contributed by atoms with Gasteiger partial charge in [-0.05, 0) is 36.0 Å². The molecule has 2 rings (SSSR count). The normalized spacial score (nSPS) is 16.3. The van der Waals surface area contributed by atoms with Crippen LogP contribution in [0, 0.1) is 0 Å². The van der Waals surface area contributed by atoms with E-state index in [9.17, 15) is 13.6 Å². The fraction of sp³-hybridized carbons (Fsp3) is 0.167. The Hall–Kier alpha value is -2.22. The van der Waals surface area contributed by atoms with Crippen molar-refractivity contribution in [1.82, 2.24) is 10.6 Å². The second-order valence-corrected chi connectivity index (χ2v) is 4.16. The van der Waals surface area contributed by atoms with Crippen LogP contribution in [0.25, 0.3) is 6.08 Å². The van der Waals surface area contributed by atoms with Crippen LogP contribution in [-0.4, -0.2) is 24.7 Å². The molecular weight excluding hydrogens is 290 g/mol. The minimum atomic E-state index is -2.97. The lowest BCUT2D eigenvalue weighted by Gasteiger charge is -2.10. The summed E-state index contributed by atoms with van der Waals surface area (Å²) in [5.41, 5.74) is 0.715. The number of alkyl halides is 2. The fourth-order valence-electron chi connectivity index (χ4n) is 1.62. The summed E-state index contributed by atoms with van der Waals surface area (Å²) in [6, 6.07) is 4.41. The number of benzene rings is 1. The highest BCUT2D eigenvalue weighted by molar-refractivity contribution is 7.80. The van der Waals surface area contributed by atoms with Gasteiger partial charge in [-0.3, -0.25) is 10.1 Å². The van der Waals surface area contributed by atoms with Gasteiger partial charge in [0.25, 0.3) is 5.91 Å². The van der Waals surface area contributed by atoms with Crippen molar-refractivity contribution in [2.75, 3.05) is 7.11 Å². The van der Waals surface area contributed by atoms with Gasteiger partial charge in [0, 0.05) is 0 Å². The maximum absolute atomic E-state index is 12.3. The molecular formula is C12H10F2N2O3S. The standard InChI is InChI=1S/C12H10F2N2O3S/c1-18-8-3-2-6(5-9(8)19-11(13)14)4-7-10(17)16-12(20)15-7/h2-5,11H,1H3,(H2,15,16,17,20)/b7-4-. The van der Waals surface area contributed by atoms with Gasteiger partial charge in [0.05, 0.1) is 7.11 Å². The number of thiocarbonyl (C=S) groups is 1.